The van der Waals surface area contributed by atoms with Crippen LogP contribution in [0.1, 0.15) is 43.9 Å². The molecule has 0 aromatic heterocycles. The Bertz CT molecular complexity index is 795. The number of para-hydroxylation sites is 1. The smallest absolute Gasteiger partial charge is 0.317 e. The summed E-state index contributed by atoms with van der Waals surface area (Å²) in [6, 6.07) is 17.4. The summed E-state index contributed by atoms with van der Waals surface area (Å²) in [5.41, 5.74) is 2.89. The van der Waals surface area contributed by atoms with Crippen molar-refractivity contribution in [2.75, 3.05) is 31.6 Å². The molecule has 6 heteroatoms. The third-order valence-corrected chi connectivity index (χ3v) is 4.77. The first-order valence-electron chi connectivity index (χ1n) is 10.6. The Morgan fingerprint density at radius 2 is 1.77 bits per heavy atom. The highest BCUT2D eigenvalue weighted by Gasteiger charge is 2.16. The lowest BCUT2D eigenvalue weighted by molar-refractivity contribution is -0.116. The number of nitrogens with one attached hydrogen (secondary N) is 2. The molecule has 0 fully saturated rings. The van der Waals surface area contributed by atoms with E-state index in [-0.39, 0.29) is 24.6 Å². The van der Waals surface area contributed by atoms with Gasteiger partial charge >= 0.3 is 6.03 Å². The van der Waals surface area contributed by atoms with Gasteiger partial charge in [0, 0.05) is 25.4 Å². The van der Waals surface area contributed by atoms with Crippen LogP contribution >= 0.6 is 0 Å². The molecule has 0 saturated heterocycles. The first kappa shape index (κ1) is 23.4. The van der Waals surface area contributed by atoms with Gasteiger partial charge in [-0.15, -0.1) is 0 Å². The van der Waals surface area contributed by atoms with Gasteiger partial charge in [0.1, 0.15) is 6.54 Å². The van der Waals surface area contributed by atoms with Gasteiger partial charge in [-0.2, -0.15) is 0 Å². The molecule has 3 amide bonds. The van der Waals surface area contributed by atoms with Crippen molar-refractivity contribution in [3.63, 3.8) is 0 Å². The van der Waals surface area contributed by atoms with Crippen LogP contribution in [0.4, 0.5) is 10.5 Å². The average molecular weight is 412 g/mol. The monoisotopic (exact) mass is 411 g/mol. The van der Waals surface area contributed by atoms with Gasteiger partial charge in [0.05, 0.1) is 6.10 Å². The van der Waals surface area contributed by atoms with Crippen LogP contribution in [0, 0.1) is 6.92 Å². The predicted molar refractivity (Wildman–Crippen MR) is 120 cm³/mol. The zero-order valence-corrected chi connectivity index (χ0v) is 18.2. The van der Waals surface area contributed by atoms with E-state index >= 15 is 0 Å². The normalized spacial score (nSPS) is 11.6. The van der Waals surface area contributed by atoms with Gasteiger partial charge in [0.15, 0.2) is 0 Å². The fourth-order valence-corrected chi connectivity index (χ4v) is 3.06. The molecule has 1 unspecified atom stereocenters. The summed E-state index contributed by atoms with van der Waals surface area (Å²) in [5, 5.41) is 5.77. The number of urea groups is 1. The maximum atomic E-state index is 12.5. The van der Waals surface area contributed by atoms with E-state index in [1.165, 1.54) is 0 Å². The molecule has 6 nitrogen and oxygen atoms in total. The number of anilines is 1. The molecular weight excluding hydrogens is 378 g/mol. The number of aryl methyl sites for hydroxylation is 1. The van der Waals surface area contributed by atoms with Gasteiger partial charge in [-0.05, 0) is 43.9 Å². The van der Waals surface area contributed by atoms with Gasteiger partial charge in [0.25, 0.3) is 0 Å². The number of nitrogens with zero attached hydrogens (tertiary/aromatic N) is 1. The molecule has 162 valence electrons. The third kappa shape index (κ3) is 7.87. The van der Waals surface area contributed by atoms with E-state index in [0.717, 1.165) is 23.2 Å². The number of hydrogen-bond acceptors (Lipinski definition) is 3. The first-order chi connectivity index (χ1) is 14.5. The van der Waals surface area contributed by atoms with Gasteiger partial charge in [-0.25, -0.2) is 4.79 Å². The molecule has 0 radical (unpaired) electrons. The summed E-state index contributed by atoms with van der Waals surface area (Å²) in [6.45, 7) is 7.54. The van der Waals surface area contributed by atoms with Crippen LogP contribution in [0.25, 0.3) is 0 Å². The van der Waals surface area contributed by atoms with Crippen molar-refractivity contribution in [2.45, 2.75) is 39.7 Å². The molecule has 0 aliphatic heterocycles. The Labute approximate surface area is 179 Å². The van der Waals surface area contributed by atoms with E-state index in [0.29, 0.717) is 26.1 Å². The second-order valence-corrected chi connectivity index (χ2v) is 7.29. The second kappa shape index (κ2) is 12.6. The quantitative estimate of drug-likeness (QED) is 0.534. The fraction of sp³-hybridized carbons (Fsp3) is 0.417. The molecule has 0 saturated carbocycles. The summed E-state index contributed by atoms with van der Waals surface area (Å²) in [7, 11) is 0. The number of carbonyl (C=O) groups is 2. The minimum atomic E-state index is -0.229. The molecule has 0 spiro atoms. The van der Waals surface area contributed by atoms with Crippen LogP contribution in [0.3, 0.4) is 0 Å². The maximum Gasteiger partial charge on any atom is 0.317 e. The Morgan fingerprint density at radius 1 is 1.07 bits per heavy atom. The van der Waals surface area contributed by atoms with Gasteiger partial charge < -0.3 is 20.3 Å². The van der Waals surface area contributed by atoms with Crippen LogP contribution in [-0.4, -0.2) is 43.1 Å². The van der Waals surface area contributed by atoms with E-state index in [1.807, 2.05) is 75.4 Å². The summed E-state index contributed by atoms with van der Waals surface area (Å²) in [5.74, 6) is -0.201. The van der Waals surface area contributed by atoms with Crippen molar-refractivity contribution < 1.29 is 14.3 Å². The molecule has 2 N–H and O–H groups in total. The van der Waals surface area contributed by atoms with Gasteiger partial charge in [-0.3, -0.25) is 4.79 Å². The van der Waals surface area contributed by atoms with Crippen LogP contribution in [0.5, 0.6) is 0 Å². The largest absolute Gasteiger partial charge is 0.374 e. The summed E-state index contributed by atoms with van der Waals surface area (Å²) in [4.78, 5) is 26.4. The third-order valence-electron chi connectivity index (χ3n) is 4.77. The number of ether oxygens (including phenoxy) is 1. The molecule has 1 atom stereocenters. The molecule has 0 bridgehead atoms. The molecule has 30 heavy (non-hydrogen) atoms. The molecule has 0 heterocycles. The number of hydrogen-bond donors (Lipinski definition) is 2. The van der Waals surface area contributed by atoms with Gasteiger partial charge in [0.2, 0.25) is 5.91 Å². The first-order valence-corrected chi connectivity index (χ1v) is 10.6. The van der Waals surface area contributed by atoms with Crippen molar-refractivity contribution in [1.82, 2.24) is 10.2 Å². The number of amides is 3. The van der Waals surface area contributed by atoms with Crippen molar-refractivity contribution in [3.05, 3.63) is 65.7 Å². The molecule has 0 aliphatic carbocycles. The minimum Gasteiger partial charge on any atom is -0.374 e. The lowest BCUT2D eigenvalue weighted by Crippen LogP contribution is -2.44. The molecule has 2 aromatic carbocycles. The zero-order chi connectivity index (χ0) is 21.8. The zero-order valence-electron chi connectivity index (χ0n) is 18.2. The van der Waals surface area contributed by atoms with Crippen LogP contribution in [0.2, 0.25) is 0 Å². The Morgan fingerprint density at radius 3 is 2.47 bits per heavy atom. The topological polar surface area (TPSA) is 70.7 Å². The highest BCUT2D eigenvalue weighted by atomic mass is 16.5. The number of carbonyl (C=O) groups excluding carboxylic acids is 2. The van der Waals surface area contributed by atoms with E-state index in [2.05, 4.69) is 10.6 Å². The maximum absolute atomic E-state index is 12.5. The van der Waals surface area contributed by atoms with E-state index in [9.17, 15) is 9.59 Å². The molecule has 2 rings (SSSR count). The highest BCUT2D eigenvalue weighted by molar-refractivity contribution is 5.94. The lowest BCUT2D eigenvalue weighted by atomic mass is 10.1. The highest BCUT2D eigenvalue weighted by Crippen LogP contribution is 2.16. The van der Waals surface area contributed by atoms with Crippen molar-refractivity contribution in [3.8, 4) is 0 Å². The Balaban J connectivity index is 1.72. The SMILES string of the molecule is CCCN(CC(=O)Nc1ccccc1C)C(=O)NCCCOC(C)c1ccccc1. The molecule has 2 aromatic rings. The summed E-state index contributed by atoms with van der Waals surface area (Å²) in [6.07, 6.45) is 1.50. The van der Waals surface area contributed by atoms with Crippen molar-refractivity contribution >= 4 is 17.6 Å². The molecule has 0 aliphatic rings. The Kier molecular flexibility index (Phi) is 9.87. The summed E-state index contributed by atoms with van der Waals surface area (Å²) >= 11 is 0. The average Bonchev–Trinajstić information content (AvgIpc) is 2.75. The van der Waals surface area contributed by atoms with E-state index in [4.69, 9.17) is 4.74 Å². The van der Waals surface area contributed by atoms with Crippen LogP contribution in [0.15, 0.2) is 54.6 Å². The number of rotatable bonds is 11. The van der Waals surface area contributed by atoms with Gasteiger partial charge in [-0.1, -0.05) is 55.5 Å². The molecular formula is C24H33N3O3. The fourth-order valence-electron chi connectivity index (χ4n) is 3.06. The lowest BCUT2D eigenvalue weighted by Gasteiger charge is -2.22. The minimum absolute atomic E-state index is 0.0173. The van der Waals surface area contributed by atoms with Crippen molar-refractivity contribution in [1.29, 1.82) is 0 Å². The second-order valence-electron chi connectivity index (χ2n) is 7.29. The van der Waals surface area contributed by atoms with E-state index in [1.54, 1.807) is 4.90 Å². The summed E-state index contributed by atoms with van der Waals surface area (Å²) < 4.78 is 5.83. The van der Waals surface area contributed by atoms with Crippen molar-refractivity contribution in [2.24, 2.45) is 0 Å². The predicted octanol–water partition coefficient (Wildman–Crippen LogP) is 4.52. The van der Waals surface area contributed by atoms with Crippen LogP contribution < -0.4 is 10.6 Å². The van der Waals surface area contributed by atoms with E-state index < -0.39 is 0 Å². The number of benzene rings is 2. The Hall–Kier alpha value is -2.86. The van der Waals surface area contributed by atoms with Crippen LogP contribution in [-0.2, 0) is 9.53 Å². The standard InChI is InChI=1S/C24H33N3O3/c1-4-16-27(18-23(28)26-22-14-9-8-11-19(22)2)24(29)25-15-10-17-30-20(3)21-12-6-5-7-13-21/h5-9,11-14,20H,4,10,15-18H2,1-3H3,(H,25,29)(H,26,28).